The zero-order valence-electron chi connectivity index (χ0n) is 45.2. The monoisotopic (exact) mass is 1030 g/mol. The first-order valence-electron chi connectivity index (χ1n) is 26.3. The molecular weight excluding hydrogens is 953 g/mol. The van der Waals surface area contributed by atoms with Gasteiger partial charge in [0.2, 0.25) is 17.7 Å². The van der Waals surface area contributed by atoms with E-state index in [4.69, 9.17) is 14.5 Å². The lowest BCUT2D eigenvalue weighted by Gasteiger charge is -2.44. The number of amides is 4. The molecule has 0 aliphatic carbocycles. The number of hydrogen-bond donors (Lipinski definition) is 2. The Kier molecular flexibility index (Phi) is 15.9. The molecule has 4 amide bonds. The Hall–Kier alpha value is -5.31. The average molecular weight is 1030 g/mol. The van der Waals surface area contributed by atoms with Crippen molar-refractivity contribution < 1.29 is 33.4 Å². The molecule has 2 fully saturated rings. The Bertz CT molecular complexity index is 2810. The Morgan fingerprint density at radius 1 is 1.05 bits per heavy atom. The minimum absolute atomic E-state index is 0.00505. The van der Waals surface area contributed by atoms with Crippen LogP contribution in [0.2, 0.25) is 5.04 Å². The standard InChI is InChI=1S/C56H78N8O7Si2/c1-11-46(65)62-24-21-56(73,31-62)52(68)61(9)48(34(3)4)50(66)58-43-26-36-15-13-16-37(25-36)38-17-18-45-40(27-38)42(29-54(6,7)32-71-33-55(53(69)72)20-14-22-64(59-55)51(43)67)49(63(45)12-2)41-28-39-19-23-60(8)30-44(39)57-47(41)35(5)70-10/h11,13,15-18,25,27-28,34-35,43,48,59H,1,12,14,19-24,26,29-33H2,2-10,72-73H3,(H,58,66)/t35-,43-,48-,55-,56-/m0/s1. The summed E-state index contributed by atoms with van der Waals surface area (Å²) in [6, 6.07) is 15.2. The number of likely N-dealkylation sites (N-methyl/N-ethyl adjacent to an activating group) is 2. The Morgan fingerprint density at radius 3 is 2.51 bits per heavy atom. The van der Waals surface area contributed by atoms with Crippen molar-refractivity contribution in [2.75, 3.05) is 60.6 Å². The van der Waals surface area contributed by atoms with Gasteiger partial charge in [0, 0.05) is 86.6 Å². The molecule has 0 spiro atoms. The van der Waals surface area contributed by atoms with Gasteiger partial charge in [-0.3, -0.25) is 29.2 Å². The van der Waals surface area contributed by atoms with Crippen LogP contribution in [0.25, 0.3) is 33.3 Å². The van der Waals surface area contributed by atoms with Crippen molar-refractivity contribution in [2.45, 2.75) is 122 Å². The third kappa shape index (κ3) is 10.8. The molecule has 5 atom stereocenters. The van der Waals surface area contributed by atoms with Crippen LogP contribution >= 0.6 is 0 Å². The van der Waals surface area contributed by atoms with Gasteiger partial charge in [0.05, 0.1) is 51.7 Å². The van der Waals surface area contributed by atoms with Crippen molar-refractivity contribution in [1.82, 2.24) is 40.0 Å². The van der Waals surface area contributed by atoms with Gasteiger partial charge in [-0.1, -0.05) is 64.6 Å². The van der Waals surface area contributed by atoms with Crippen LogP contribution in [0.1, 0.15) is 95.0 Å². The number of ether oxygens (including phenoxy) is 2. The number of rotatable bonds is 11. The molecule has 2 aromatic heterocycles. The predicted molar refractivity (Wildman–Crippen MR) is 293 cm³/mol. The van der Waals surface area contributed by atoms with Crippen LogP contribution in [-0.2, 0) is 65.8 Å². The molecule has 392 valence electrons. The number of hydrogen-bond acceptors (Lipinski definition) is 10. The van der Waals surface area contributed by atoms with E-state index in [9.17, 15) is 19.2 Å². The lowest BCUT2D eigenvalue weighted by atomic mass is 9.83. The molecule has 8 rings (SSSR count). The third-order valence-electron chi connectivity index (χ3n) is 16.1. The molecule has 4 aliphatic heterocycles. The molecule has 6 heterocycles. The molecule has 15 nitrogen and oxygen atoms in total. The first-order chi connectivity index (χ1) is 34.6. The summed E-state index contributed by atoms with van der Waals surface area (Å²) >= 11 is 0. The molecule has 73 heavy (non-hydrogen) atoms. The molecule has 6 bridgehead atoms. The molecule has 2 saturated heterocycles. The Labute approximate surface area is 437 Å². The molecular formula is C56H78N8O7Si2. The topological polar surface area (TPSA) is 159 Å². The second-order valence-corrected chi connectivity index (χ2v) is 25.5. The van der Waals surface area contributed by atoms with Crippen molar-refractivity contribution >= 4 is 60.4 Å². The smallest absolute Gasteiger partial charge is 0.259 e. The fourth-order valence-electron chi connectivity index (χ4n) is 11.9. The van der Waals surface area contributed by atoms with Crippen LogP contribution in [0.15, 0.2) is 61.2 Å². The van der Waals surface area contributed by atoms with Gasteiger partial charge >= 0.3 is 0 Å². The highest BCUT2D eigenvalue weighted by molar-refractivity contribution is 6.60. The van der Waals surface area contributed by atoms with Gasteiger partial charge < -0.3 is 38.9 Å². The molecule has 4 aliphatic rings. The minimum atomic E-state index is -1.13. The van der Waals surface area contributed by atoms with Crippen molar-refractivity contribution in [1.29, 1.82) is 0 Å². The highest BCUT2D eigenvalue weighted by atomic mass is 28.1. The van der Waals surface area contributed by atoms with Crippen molar-refractivity contribution in [2.24, 2.45) is 11.3 Å². The summed E-state index contributed by atoms with van der Waals surface area (Å²) in [5, 5.41) is 5.02. The molecule has 0 saturated carbocycles. The second kappa shape index (κ2) is 21.5. The summed E-state index contributed by atoms with van der Waals surface area (Å²) in [5.41, 5.74) is 12.5. The summed E-state index contributed by atoms with van der Waals surface area (Å²) < 4.78 is 15.2. The lowest BCUT2D eigenvalue weighted by Crippen LogP contribution is -2.68. The van der Waals surface area contributed by atoms with Crippen LogP contribution in [0, 0.1) is 11.3 Å². The highest BCUT2D eigenvalue weighted by Gasteiger charge is 2.47. The van der Waals surface area contributed by atoms with E-state index >= 15 is 4.79 Å². The van der Waals surface area contributed by atoms with Crippen LogP contribution < -0.4 is 10.7 Å². The van der Waals surface area contributed by atoms with Gasteiger partial charge in [0.15, 0.2) is 0 Å². The van der Waals surface area contributed by atoms with Crippen LogP contribution in [0.4, 0.5) is 0 Å². The predicted octanol–water partition coefficient (Wildman–Crippen LogP) is 3.89. The zero-order chi connectivity index (χ0) is 52.7. The summed E-state index contributed by atoms with van der Waals surface area (Å²) in [6.07, 6.45) is 4.31. The summed E-state index contributed by atoms with van der Waals surface area (Å²) in [7, 11) is 6.25. The number of pyridine rings is 1. The van der Waals surface area contributed by atoms with E-state index in [0.29, 0.717) is 55.6 Å². The van der Waals surface area contributed by atoms with Crippen LogP contribution in [0.3, 0.4) is 0 Å². The zero-order valence-corrected chi connectivity index (χ0v) is 49.2. The van der Waals surface area contributed by atoms with Gasteiger partial charge in [-0.2, -0.15) is 0 Å². The van der Waals surface area contributed by atoms with E-state index in [1.54, 1.807) is 19.1 Å². The number of methoxy groups -OCH3 is 1. The number of carbonyl (C=O) groups excluding carboxylic acids is 5. The quantitative estimate of drug-likeness (QED) is 0.167. The van der Waals surface area contributed by atoms with E-state index in [1.165, 1.54) is 27.1 Å². The number of benzene rings is 2. The second-order valence-electron chi connectivity index (χ2n) is 22.7. The van der Waals surface area contributed by atoms with Gasteiger partial charge in [-0.05, 0) is 116 Å². The van der Waals surface area contributed by atoms with E-state index in [2.05, 4.69) is 97.9 Å². The van der Waals surface area contributed by atoms with Gasteiger partial charge in [-0.15, -0.1) is 0 Å². The Morgan fingerprint density at radius 2 is 1.81 bits per heavy atom. The molecule has 4 aromatic rings. The van der Waals surface area contributed by atoms with Gasteiger partial charge in [-0.25, -0.2) is 5.43 Å². The van der Waals surface area contributed by atoms with Gasteiger partial charge in [0.1, 0.15) is 23.0 Å². The number of likely N-dealkylation sites (tertiary alicyclic amines) is 1. The largest absolute Gasteiger partial charge is 0.378 e. The molecule has 0 radical (unpaired) electrons. The lowest BCUT2D eigenvalue weighted by molar-refractivity contribution is -0.149. The van der Waals surface area contributed by atoms with Gasteiger partial charge in [0.25, 0.3) is 5.91 Å². The van der Waals surface area contributed by atoms with E-state index < -0.39 is 34.0 Å². The Balaban J connectivity index is 1.23. The fourth-order valence-corrected chi connectivity index (χ4v) is 13.4. The van der Waals surface area contributed by atoms with E-state index in [0.717, 1.165) is 76.3 Å². The maximum absolute atomic E-state index is 15.1. The van der Waals surface area contributed by atoms with E-state index in [-0.39, 0.29) is 65.0 Å². The van der Waals surface area contributed by atoms with E-state index in [1.807, 2.05) is 26.0 Å². The molecule has 0 unspecified atom stereocenters. The SMILES string of the molecule is C=CC(=O)N1CC[C@@]([SiH3])(C(=O)N(C)[C@H](C(=O)N[C@H]2Cc3cccc(c3)-c3ccc4c(c3)c(c(-c3cc5c(nc3[C@H](C)OC)CN(C)CC5)n4CC)CC(C)(C)COC[C@]3(C(=O)[SiH3])CCCN(N3)C2=O)C(C)C)C1. The first kappa shape index (κ1) is 54.0. The number of aryl methyl sites for hydroxylation is 1. The maximum atomic E-state index is 15.1. The van der Waals surface area contributed by atoms with Crippen molar-refractivity contribution in [3.63, 3.8) is 0 Å². The average Bonchev–Trinajstić information content (AvgIpc) is 3.91. The third-order valence-corrected chi connectivity index (χ3v) is 18.3. The number of fused-ring (bicyclic) bond motifs is 7. The molecule has 2 aromatic carbocycles. The normalized spacial score (nSPS) is 23.5. The number of carbonyl (C=O) groups is 5. The van der Waals surface area contributed by atoms with Crippen molar-refractivity contribution in [3.05, 3.63) is 89.3 Å². The van der Waals surface area contributed by atoms with Crippen LogP contribution in [-0.4, -0.2) is 157 Å². The number of nitrogens with zero attached hydrogens (tertiary/aromatic N) is 6. The summed E-state index contributed by atoms with van der Waals surface area (Å²) in [6.45, 7) is 20.1. The fraction of sp³-hybridized carbons (Fsp3) is 0.536. The minimum Gasteiger partial charge on any atom is -0.378 e. The highest BCUT2D eigenvalue weighted by Crippen LogP contribution is 2.43. The number of aromatic nitrogens is 2. The van der Waals surface area contributed by atoms with Crippen LogP contribution in [0.5, 0.6) is 0 Å². The summed E-state index contributed by atoms with van der Waals surface area (Å²) in [5.74, 6) is -1.53. The molecule has 2 N–H and O–H groups in total. The first-order valence-corrected chi connectivity index (χ1v) is 28.3. The van der Waals surface area contributed by atoms with Crippen molar-refractivity contribution in [3.8, 4) is 22.4 Å². The number of nitrogens with one attached hydrogen (secondary N) is 2. The number of hydrazine groups is 1. The molecule has 17 heteroatoms. The summed E-state index contributed by atoms with van der Waals surface area (Å²) in [4.78, 5) is 81.7. The maximum Gasteiger partial charge on any atom is 0.259 e.